The van der Waals surface area contributed by atoms with Gasteiger partial charge < -0.3 is 10.1 Å². The Labute approximate surface area is 61.7 Å². The SMILES string of the molecule is CC(=O)c1ncc(O)c(=O)[nH]1. The zero-order valence-electron chi connectivity index (χ0n) is 5.79. The van der Waals surface area contributed by atoms with Crippen molar-refractivity contribution in [3.05, 3.63) is 22.4 Å². The molecule has 0 saturated carbocycles. The number of aromatic amines is 1. The molecule has 0 unspecified atom stereocenters. The molecular weight excluding hydrogens is 148 g/mol. The van der Waals surface area contributed by atoms with E-state index in [4.69, 9.17) is 5.11 Å². The number of hydrogen-bond acceptors (Lipinski definition) is 4. The molecule has 5 nitrogen and oxygen atoms in total. The molecule has 0 bridgehead atoms. The quantitative estimate of drug-likeness (QED) is 0.543. The topological polar surface area (TPSA) is 83.0 Å². The molecule has 0 aromatic carbocycles. The van der Waals surface area contributed by atoms with E-state index in [1.165, 1.54) is 6.92 Å². The second-order valence-electron chi connectivity index (χ2n) is 2.00. The van der Waals surface area contributed by atoms with Gasteiger partial charge in [0.15, 0.2) is 17.4 Å². The molecule has 0 atom stereocenters. The number of rotatable bonds is 1. The van der Waals surface area contributed by atoms with Crippen molar-refractivity contribution in [3.63, 3.8) is 0 Å². The standard InChI is InChI=1S/C6H6N2O3/c1-3(9)5-7-2-4(10)6(11)8-5/h2,10H,1H3,(H,7,8,11). The van der Waals surface area contributed by atoms with Crippen molar-refractivity contribution in [1.29, 1.82) is 0 Å². The molecule has 58 valence electrons. The maximum Gasteiger partial charge on any atom is 0.293 e. The maximum absolute atomic E-state index is 10.6. The minimum absolute atomic E-state index is 0.0483. The van der Waals surface area contributed by atoms with E-state index in [0.717, 1.165) is 6.20 Å². The number of aromatic nitrogens is 2. The van der Waals surface area contributed by atoms with Gasteiger partial charge in [0.05, 0.1) is 6.20 Å². The third-order valence-corrected chi connectivity index (χ3v) is 1.11. The van der Waals surface area contributed by atoms with Gasteiger partial charge in [-0.05, 0) is 0 Å². The number of carbonyl (C=O) groups is 1. The summed E-state index contributed by atoms with van der Waals surface area (Å²) in [5.74, 6) is -0.884. The molecule has 2 N–H and O–H groups in total. The van der Waals surface area contributed by atoms with Crippen LogP contribution in [0.1, 0.15) is 17.5 Å². The van der Waals surface area contributed by atoms with E-state index in [1.807, 2.05) is 0 Å². The largest absolute Gasteiger partial charge is 0.502 e. The van der Waals surface area contributed by atoms with Crippen molar-refractivity contribution in [1.82, 2.24) is 9.97 Å². The number of hydrogen-bond donors (Lipinski definition) is 2. The molecule has 0 radical (unpaired) electrons. The van der Waals surface area contributed by atoms with Crippen molar-refractivity contribution in [2.45, 2.75) is 6.92 Å². The highest BCUT2D eigenvalue weighted by Crippen LogP contribution is 1.94. The van der Waals surface area contributed by atoms with Gasteiger partial charge in [0, 0.05) is 6.92 Å². The summed E-state index contributed by atoms with van der Waals surface area (Å²) in [7, 11) is 0. The van der Waals surface area contributed by atoms with Gasteiger partial charge in [-0.1, -0.05) is 0 Å². The van der Waals surface area contributed by atoms with Crippen LogP contribution < -0.4 is 5.56 Å². The lowest BCUT2D eigenvalue weighted by Gasteiger charge is -1.92. The van der Waals surface area contributed by atoms with Gasteiger partial charge in [-0.3, -0.25) is 9.59 Å². The first-order chi connectivity index (χ1) is 5.11. The Bertz CT molecular complexity index is 342. The fraction of sp³-hybridized carbons (Fsp3) is 0.167. The minimum atomic E-state index is -0.704. The van der Waals surface area contributed by atoms with Gasteiger partial charge in [0.1, 0.15) is 0 Å². The third kappa shape index (κ3) is 1.43. The molecule has 1 heterocycles. The second kappa shape index (κ2) is 2.53. The molecule has 0 amide bonds. The smallest absolute Gasteiger partial charge is 0.293 e. The number of nitrogens with one attached hydrogen (secondary N) is 1. The number of nitrogens with zero attached hydrogens (tertiary/aromatic N) is 1. The van der Waals surface area contributed by atoms with E-state index < -0.39 is 11.3 Å². The summed E-state index contributed by atoms with van der Waals surface area (Å²) in [5, 5.41) is 8.71. The van der Waals surface area contributed by atoms with Crippen LogP contribution in [0, 0.1) is 0 Å². The molecule has 0 fully saturated rings. The van der Waals surface area contributed by atoms with Crippen LogP contribution in [0.25, 0.3) is 0 Å². The van der Waals surface area contributed by atoms with Gasteiger partial charge in [-0.15, -0.1) is 0 Å². The number of Topliss-reactive ketones (excluding diaryl/α,β-unsaturated/α-hetero) is 1. The molecule has 5 heteroatoms. The van der Waals surface area contributed by atoms with E-state index in [1.54, 1.807) is 0 Å². The molecule has 1 aromatic heterocycles. The fourth-order valence-electron chi connectivity index (χ4n) is 0.567. The molecule has 0 aliphatic carbocycles. The second-order valence-corrected chi connectivity index (χ2v) is 2.00. The summed E-state index contributed by atoms with van der Waals surface area (Å²) in [6.45, 7) is 1.27. The van der Waals surface area contributed by atoms with Crippen LogP contribution >= 0.6 is 0 Å². The Balaban J connectivity index is 3.26. The summed E-state index contributed by atoms with van der Waals surface area (Å²) in [6, 6.07) is 0. The molecule has 11 heavy (non-hydrogen) atoms. The van der Waals surface area contributed by atoms with Crippen LogP contribution in [-0.4, -0.2) is 20.9 Å². The van der Waals surface area contributed by atoms with Crippen LogP contribution in [0.15, 0.2) is 11.0 Å². The first kappa shape index (κ1) is 7.46. The van der Waals surface area contributed by atoms with E-state index in [2.05, 4.69) is 9.97 Å². The minimum Gasteiger partial charge on any atom is -0.502 e. The van der Waals surface area contributed by atoms with E-state index in [-0.39, 0.29) is 11.6 Å². The normalized spacial score (nSPS) is 9.55. The highest BCUT2D eigenvalue weighted by atomic mass is 16.3. The van der Waals surface area contributed by atoms with Crippen molar-refractivity contribution in [2.24, 2.45) is 0 Å². The van der Waals surface area contributed by atoms with Gasteiger partial charge in [-0.25, -0.2) is 4.98 Å². The highest BCUT2D eigenvalue weighted by molar-refractivity contribution is 5.90. The number of ketones is 1. The summed E-state index contributed by atoms with van der Waals surface area (Å²) >= 11 is 0. The van der Waals surface area contributed by atoms with Gasteiger partial charge in [0.25, 0.3) is 5.56 Å². The van der Waals surface area contributed by atoms with Crippen molar-refractivity contribution >= 4 is 5.78 Å². The molecular formula is C6H6N2O3. The number of carbonyl (C=O) groups excluding carboxylic acids is 1. The predicted molar refractivity (Wildman–Crippen MR) is 36.5 cm³/mol. The lowest BCUT2D eigenvalue weighted by Crippen LogP contribution is -2.12. The average molecular weight is 154 g/mol. The lowest BCUT2D eigenvalue weighted by molar-refractivity contribution is 0.100. The molecule has 1 rings (SSSR count). The summed E-state index contributed by atoms with van der Waals surface area (Å²) in [6.07, 6.45) is 0.940. The summed E-state index contributed by atoms with van der Waals surface area (Å²) in [4.78, 5) is 26.8. The Morgan fingerprint density at radius 1 is 1.73 bits per heavy atom. The Kier molecular flexibility index (Phi) is 1.72. The van der Waals surface area contributed by atoms with Crippen molar-refractivity contribution in [3.8, 4) is 5.75 Å². The molecule has 1 aromatic rings. The zero-order valence-corrected chi connectivity index (χ0v) is 5.79. The Morgan fingerprint density at radius 3 is 2.82 bits per heavy atom. The van der Waals surface area contributed by atoms with Crippen LogP contribution in [0.4, 0.5) is 0 Å². The van der Waals surface area contributed by atoms with E-state index >= 15 is 0 Å². The molecule has 0 saturated heterocycles. The van der Waals surface area contributed by atoms with Crippen molar-refractivity contribution in [2.75, 3.05) is 0 Å². The molecule has 0 aliphatic rings. The Morgan fingerprint density at radius 2 is 2.36 bits per heavy atom. The first-order valence-corrected chi connectivity index (χ1v) is 2.90. The summed E-state index contributed by atoms with van der Waals surface area (Å²) < 4.78 is 0. The fourth-order valence-corrected chi connectivity index (χ4v) is 0.567. The zero-order chi connectivity index (χ0) is 8.43. The molecule has 0 aliphatic heterocycles. The van der Waals surface area contributed by atoms with Crippen LogP contribution in [0.2, 0.25) is 0 Å². The number of H-pyrrole nitrogens is 1. The average Bonchev–Trinajstić information content (AvgIpc) is 1.94. The highest BCUT2D eigenvalue weighted by Gasteiger charge is 2.03. The lowest BCUT2D eigenvalue weighted by atomic mass is 10.4. The van der Waals surface area contributed by atoms with Gasteiger partial charge in [0.2, 0.25) is 0 Å². The monoisotopic (exact) mass is 154 g/mol. The van der Waals surface area contributed by atoms with Gasteiger partial charge in [-0.2, -0.15) is 0 Å². The third-order valence-electron chi connectivity index (χ3n) is 1.11. The van der Waals surface area contributed by atoms with Gasteiger partial charge >= 0.3 is 0 Å². The first-order valence-electron chi connectivity index (χ1n) is 2.90. The van der Waals surface area contributed by atoms with Crippen LogP contribution in [0.3, 0.4) is 0 Å². The summed E-state index contributed by atoms with van der Waals surface area (Å²) in [5.41, 5.74) is -0.704. The van der Waals surface area contributed by atoms with E-state index in [9.17, 15) is 9.59 Å². The van der Waals surface area contributed by atoms with Crippen LogP contribution in [0.5, 0.6) is 5.75 Å². The maximum atomic E-state index is 10.6. The number of aromatic hydroxyl groups is 1. The predicted octanol–water partition coefficient (Wildman–Crippen LogP) is -0.322. The Hall–Kier alpha value is -1.65. The molecule has 0 spiro atoms. The van der Waals surface area contributed by atoms with E-state index in [0.29, 0.717) is 0 Å². The van der Waals surface area contributed by atoms with Crippen LogP contribution in [-0.2, 0) is 0 Å². The van der Waals surface area contributed by atoms with Crippen molar-refractivity contribution < 1.29 is 9.90 Å².